The highest BCUT2D eigenvalue weighted by Crippen LogP contribution is 2.07. The Morgan fingerprint density at radius 1 is 1.40 bits per heavy atom. The van der Waals surface area contributed by atoms with Crippen molar-refractivity contribution in [2.75, 3.05) is 0 Å². The van der Waals surface area contributed by atoms with Crippen LogP contribution in [0.25, 0.3) is 0 Å². The number of ketones is 2. The second-order valence-electron chi connectivity index (χ2n) is 2.24. The van der Waals surface area contributed by atoms with Crippen LogP contribution in [0.15, 0.2) is 12.2 Å². The Bertz CT molecular complexity index is 240. The van der Waals surface area contributed by atoms with Crippen molar-refractivity contribution in [2.45, 2.75) is 6.92 Å². The van der Waals surface area contributed by atoms with Gasteiger partial charge < -0.3 is 5.41 Å². The van der Waals surface area contributed by atoms with Crippen molar-refractivity contribution < 1.29 is 9.59 Å². The molecule has 1 rings (SSSR count). The van der Waals surface area contributed by atoms with Crippen LogP contribution >= 0.6 is 0 Å². The summed E-state index contributed by atoms with van der Waals surface area (Å²) >= 11 is 0. The van der Waals surface area contributed by atoms with E-state index in [9.17, 15) is 9.59 Å². The summed E-state index contributed by atoms with van der Waals surface area (Å²) in [4.78, 5) is 21.5. The molecular weight excluding hydrogens is 130 g/mol. The van der Waals surface area contributed by atoms with Crippen molar-refractivity contribution in [2.24, 2.45) is 5.92 Å². The maximum Gasteiger partial charge on any atom is 0.200 e. The fraction of sp³-hybridized carbons (Fsp3) is 0.286. The van der Waals surface area contributed by atoms with Crippen molar-refractivity contribution >= 4 is 17.3 Å². The quantitative estimate of drug-likeness (QED) is 0.523. The van der Waals surface area contributed by atoms with Crippen molar-refractivity contribution in [3.8, 4) is 0 Å². The summed E-state index contributed by atoms with van der Waals surface area (Å²) in [5.41, 5.74) is -0.104. The van der Waals surface area contributed by atoms with Crippen LogP contribution in [0.2, 0.25) is 0 Å². The van der Waals surface area contributed by atoms with E-state index in [2.05, 4.69) is 0 Å². The highest BCUT2D eigenvalue weighted by molar-refractivity contribution is 6.49. The molecule has 0 bridgehead atoms. The van der Waals surface area contributed by atoms with E-state index in [-0.39, 0.29) is 17.3 Å². The lowest BCUT2D eigenvalue weighted by molar-refractivity contribution is -0.118. The van der Waals surface area contributed by atoms with Crippen LogP contribution in [-0.2, 0) is 9.59 Å². The zero-order valence-corrected chi connectivity index (χ0v) is 5.55. The Morgan fingerprint density at radius 3 is 2.50 bits per heavy atom. The summed E-state index contributed by atoms with van der Waals surface area (Å²) in [6.45, 7) is 1.56. The molecule has 3 nitrogen and oxygen atoms in total. The third-order valence-corrected chi connectivity index (χ3v) is 1.52. The topological polar surface area (TPSA) is 58.0 Å². The number of carbonyl (C=O) groups excluding carboxylic acids is 2. The molecule has 0 radical (unpaired) electrons. The highest BCUT2D eigenvalue weighted by Gasteiger charge is 2.24. The van der Waals surface area contributed by atoms with Gasteiger partial charge in [-0.2, -0.15) is 0 Å². The predicted octanol–water partition coefficient (Wildman–Crippen LogP) is 0.350. The van der Waals surface area contributed by atoms with Gasteiger partial charge in [0.15, 0.2) is 11.6 Å². The maximum atomic E-state index is 10.8. The van der Waals surface area contributed by atoms with Gasteiger partial charge in [0.1, 0.15) is 0 Å². The summed E-state index contributed by atoms with van der Waals surface area (Å²) in [6, 6.07) is 0. The number of allylic oxidation sites excluding steroid dienone is 2. The van der Waals surface area contributed by atoms with E-state index < -0.39 is 5.92 Å². The summed E-state index contributed by atoms with van der Waals surface area (Å²) < 4.78 is 0. The second-order valence-corrected chi connectivity index (χ2v) is 2.24. The van der Waals surface area contributed by atoms with Crippen LogP contribution in [0.5, 0.6) is 0 Å². The van der Waals surface area contributed by atoms with Crippen molar-refractivity contribution in [1.29, 1.82) is 5.41 Å². The van der Waals surface area contributed by atoms with E-state index in [0.29, 0.717) is 0 Å². The van der Waals surface area contributed by atoms with Gasteiger partial charge in [-0.3, -0.25) is 9.59 Å². The average Bonchev–Trinajstić information content (AvgIpc) is 1.93. The van der Waals surface area contributed by atoms with Crippen LogP contribution < -0.4 is 0 Å². The summed E-state index contributed by atoms with van der Waals surface area (Å²) in [5, 5.41) is 7.11. The van der Waals surface area contributed by atoms with E-state index in [1.54, 1.807) is 6.92 Å². The first-order valence-corrected chi connectivity index (χ1v) is 2.97. The average molecular weight is 137 g/mol. The van der Waals surface area contributed by atoms with Crippen LogP contribution in [-0.4, -0.2) is 17.3 Å². The second kappa shape index (κ2) is 2.17. The molecule has 0 aliphatic heterocycles. The molecule has 1 aliphatic carbocycles. The summed E-state index contributed by atoms with van der Waals surface area (Å²) in [6.07, 6.45) is 2.37. The first kappa shape index (κ1) is 6.86. The number of rotatable bonds is 0. The Kier molecular flexibility index (Phi) is 1.49. The summed E-state index contributed by atoms with van der Waals surface area (Å²) in [7, 11) is 0. The molecule has 1 aliphatic rings. The number of nitrogens with one attached hydrogen (secondary N) is 1. The van der Waals surface area contributed by atoms with Gasteiger partial charge in [0, 0.05) is 0 Å². The van der Waals surface area contributed by atoms with Gasteiger partial charge >= 0.3 is 0 Å². The van der Waals surface area contributed by atoms with E-state index in [1.807, 2.05) is 0 Å². The fourth-order valence-corrected chi connectivity index (χ4v) is 0.748. The monoisotopic (exact) mass is 137 g/mol. The van der Waals surface area contributed by atoms with Crippen molar-refractivity contribution in [1.82, 2.24) is 0 Å². The maximum absolute atomic E-state index is 10.8. The zero-order chi connectivity index (χ0) is 7.72. The molecule has 1 unspecified atom stereocenters. The molecule has 10 heavy (non-hydrogen) atoms. The SMILES string of the molecule is CC1C(=N)C(=O)C=CC1=O. The smallest absolute Gasteiger partial charge is 0.200 e. The molecule has 52 valence electrons. The predicted molar refractivity (Wildman–Crippen MR) is 36.0 cm³/mol. The van der Waals surface area contributed by atoms with Crippen molar-refractivity contribution in [3.05, 3.63) is 12.2 Å². The van der Waals surface area contributed by atoms with Gasteiger partial charge in [0.05, 0.1) is 11.6 Å². The standard InChI is InChI=1S/C7H7NO2/c1-4-5(9)2-3-6(10)7(4)8/h2-4,8H,1H3. The molecule has 1 N–H and O–H groups in total. The van der Waals surface area contributed by atoms with Gasteiger partial charge in [0.2, 0.25) is 0 Å². The van der Waals surface area contributed by atoms with Gasteiger partial charge in [-0.25, -0.2) is 0 Å². The minimum atomic E-state index is -0.544. The van der Waals surface area contributed by atoms with E-state index in [0.717, 1.165) is 6.08 Å². The van der Waals surface area contributed by atoms with E-state index in [4.69, 9.17) is 5.41 Å². The van der Waals surface area contributed by atoms with Crippen molar-refractivity contribution in [3.63, 3.8) is 0 Å². The molecule has 0 spiro atoms. The van der Waals surface area contributed by atoms with Gasteiger partial charge in [-0.05, 0) is 19.1 Å². The molecule has 0 saturated heterocycles. The molecule has 0 aromatic carbocycles. The Labute approximate surface area is 58.2 Å². The molecule has 0 aromatic rings. The minimum Gasteiger partial charge on any atom is -0.300 e. The number of hydrogen-bond donors (Lipinski definition) is 1. The molecule has 0 amide bonds. The third kappa shape index (κ3) is 0.900. The lowest BCUT2D eigenvalue weighted by Gasteiger charge is -2.10. The van der Waals surface area contributed by atoms with Crippen LogP contribution in [0.1, 0.15) is 6.92 Å². The van der Waals surface area contributed by atoms with Gasteiger partial charge in [-0.15, -0.1) is 0 Å². The van der Waals surface area contributed by atoms with Crippen LogP contribution in [0, 0.1) is 11.3 Å². The lowest BCUT2D eigenvalue weighted by Crippen LogP contribution is -2.29. The first-order valence-electron chi connectivity index (χ1n) is 2.97. The van der Waals surface area contributed by atoms with Gasteiger partial charge in [-0.1, -0.05) is 0 Å². The summed E-state index contributed by atoms with van der Waals surface area (Å²) in [5.74, 6) is -1.06. The highest BCUT2D eigenvalue weighted by atomic mass is 16.1. The fourth-order valence-electron chi connectivity index (χ4n) is 0.748. The minimum absolute atomic E-state index is 0.104. The molecule has 0 saturated carbocycles. The zero-order valence-electron chi connectivity index (χ0n) is 5.55. The Morgan fingerprint density at radius 2 is 2.00 bits per heavy atom. The lowest BCUT2D eigenvalue weighted by atomic mass is 9.92. The van der Waals surface area contributed by atoms with Crippen LogP contribution in [0.3, 0.4) is 0 Å². The molecule has 0 aromatic heterocycles. The molecular formula is C7H7NO2. The molecule has 3 heteroatoms. The largest absolute Gasteiger partial charge is 0.300 e. The van der Waals surface area contributed by atoms with Crippen LogP contribution in [0.4, 0.5) is 0 Å². The van der Waals surface area contributed by atoms with Gasteiger partial charge in [0.25, 0.3) is 0 Å². The number of hydrogen-bond acceptors (Lipinski definition) is 3. The number of carbonyl (C=O) groups is 2. The molecule has 1 atom stereocenters. The Hall–Kier alpha value is -1.25. The third-order valence-electron chi connectivity index (χ3n) is 1.52. The van der Waals surface area contributed by atoms with E-state index >= 15 is 0 Å². The Balaban J connectivity index is 3.00. The van der Waals surface area contributed by atoms with E-state index in [1.165, 1.54) is 6.08 Å². The normalized spacial score (nSPS) is 25.7. The molecule has 0 fully saturated rings. The molecule has 0 heterocycles. The first-order chi connectivity index (χ1) is 4.63.